The van der Waals surface area contributed by atoms with Crippen molar-refractivity contribution in [1.82, 2.24) is 0 Å². The number of carbonyl (C=O) groups excluding carboxylic acids is 2. The van der Waals surface area contributed by atoms with Crippen LogP contribution in [-0.4, -0.2) is 42.1 Å². The predicted octanol–water partition coefficient (Wildman–Crippen LogP) is 4.63. The Balaban J connectivity index is 1.63. The van der Waals surface area contributed by atoms with Crippen LogP contribution < -0.4 is 14.5 Å². The van der Waals surface area contributed by atoms with Crippen LogP contribution in [0.25, 0.3) is 5.76 Å². The van der Waals surface area contributed by atoms with E-state index in [9.17, 15) is 19.8 Å². The number of Topliss-reactive ketones (excluding diaryl/α,β-unsaturated/α-hetero) is 1. The summed E-state index contributed by atoms with van der Waals surface area (Å²) in [5, 5.41) is 21.4. The Morgan fingerprint density at radius 1 is 0.914 bits per heavy atom. The maximum atomic E-state index is 13.3. The molecule has 1 unspecified atom stereocenters. The zero-order valence-electron chi connectivity index (χ0n) is 19.3. The smallest absolute Gasteiger partial charge is 0.300 e. The van der Waals surface area contributed by atoms with E-state index in [0.717, 1.165) is 31.6 Å². The molecule has 3 aromatic rings. The molecule has 0 aromatic heterocycles. The first-order valence-corrected chi connectivity index (χ1v) is 11.6. The molecule has 1 atom stereocenters. The monoisotopic (exact) mass is 470 g/mol. The third-order valence-corrected chi connectivity index (χ3v) is 6.57. The third kappa shape index (κ3) is 4.10. The van der Waals surface area contributed by atoms with Crippen molar-refractivity contribution in [1.29, 1.82) is 0 Å². The molecular formula is C28H26N2O5. The number of methoxy groups -OCH3 is 1. The number of hydrogen-bond donors (Lipinski definition) is 2. The lowest BCUT2D eigenvalue weighted by atomic mass is 9.95. The molecule has 7 heteroatoms. The van der Waals surface area contributed by atoms with Crippen LogP contribution in [0.2, 0.25) is 0 Å². The van der Waals surface area contributed by atoms with Gasteiger partial charge >= 0.3 is 0 Å². The average Bonchev–Trinajstić information content (AvgIpc) is 3.51. The normalized spacial score (nSPS) is 19.4. The first-order valence-electron chi connectivity index (χ1n) is 11.6. The molecule has 1 amide bonds. The molecule has 2 aliphatic rings. The highest BCUT2D eigenvalue weighted by molar-refractivity contribution is 6.51. The number of nitrogens with zero attached hydrogens (tertiary/aromatic N) is 2. The second kappa shape index (κ2) is 9.18. The van der Waals surface area contributed by atoms with E-state index in [2.05, 4.69) is 4.90 Å². The fourth-order valence-electron chi connectivity index (χ4n) is 4.83. The van der Waals surface area contributed by atoms with Crippen LogP contribution in [0.1, 0.15) is 30.0 Å². The summed E-state index contributed by atoms with van der Waals surface area (Å²) in [6.07, 6.45) is 2.30. The van der Waals surface area contributed by atoms with E-state index in [1.54, 1.807) is 36.4 Å². The van der Waals surface area contributed by atoms with Gasteiger partial charge in [-0.05, 0) is 66.9 Å². The Morgan fingerprint density at radius 2 is 1.60 bits per heavy atom. The van der Waals surface area contributed by atoms with Crippen molar-refractivity contribution in [3.8, 4) is 11.5 Å². The van der Waals surface area contributed by atoms with Crippen molar-refractivity contribution in [2.45, 2.75) is 18.9 Å². The Hall–Kier alpha value is -4.26. The van der Waals surface area contributed by atoms with Crippen LogP contribution in [0.4, 0.5) is 11.4 Å². The number of ketones is 1. The van der Waals surface area contributed by atoms with Gasteiger partial charge in [-0.25, -0.2) is 0 Å². The summed E-state index contributed by atoms with van der Waals surface area (Å²) in [5.74, 6) is -1.32. The maximum absolute atomic E-state index is 13.3. The summed E-state index contributed by atoms with van der Waals surface area (Å²) in [5.41, 5.74) is 2.42. The van der Waals surface area contributed by atoms with Crippen molar-refractivity contribution >= 4 is 28.8 Å². The van der Waals surface area contributed by atoms with Gasteiger partial charge in [0.2, 0.25) is 0 Å². The fourth-order valence-corrected chi connectivity index (χ4v) is 4.83. The minimum atomic E-state index is -0.911. The van der Waals surface area contributed by atoms with Gasteiger partial charge in [-0.1, -0.05) is 24.3 Å². The molecule has 0 bridgehead atoms. The second-order valence-corrected chi connectivity index (χ2v) is 8.71. The van der Waals surface area contributed by atoms with Crippen LogP contribution >= 0.6 is 0 Å². The first-order chi connectivity index (χ1) is 17.0. The number of aliphatic hydroxyl groups excluding tert-OH is 1. The lowest BCUT2D eigenvalue weighted by molar-refractivity contribution is -0.132. The van der Waals surface area contributed by atoms with Gasteiger partial charge in [0, 0.05) is 30.0 Å². The van der Waals surface area contributed by atoms with E-state index in [-0.39, 0.29) is 17.1 Å². The summed E-state index contributed by atoms with van der Waals surface area (Å²) < 4.78 is 5.25. The molecule has 0 saturated carbocycles. The van der Waals surface area contributed by atoms with Gasteiger partial charge in [0.1, 0.15) is 17.3 Å². The highest BCUT2D eigenvalue weighted by Crippen LogP contribution is 2.43. The number of aromatic hydroxyl groups is 1. The lowest BCUT2D eigenvalue weighted by Gasteiger charge is -2.26. The SMILES string of the molecule is COc1cccc(/C(O)=C2\C(=O)C(=O)N(c3ccc(N4CCCC4)cc3)C2c2cccc(O)c2)c1. The molecule has 5 rings (SSSR count). The molecule has 178 valence electrons. The van der Waals surface area contributed by atoms with Gasteiger partial charge in [-0.2, -0.15) is 0 Å². The Labute approximate surface area is 203 Å². The van der Waals surface area contributed by atoms with Crippen molar-refractivity contribution in [2.75, 3.05) is 30.0 Å². The van der Waals surface area contributed by atoms with Crippen molar-refractivity contribution in [3.05, 3.63) is 89.5 Å². The van der Waals surface area contributed by atoms with Crippen molar-refractivity contribution in [2.24, 2.45) is 0 Å². The highest BCUT2D eigenvalue weighted by atomic mass is 16.5. The maximum Gasteiger partial charge on any atom is 0.300 e. The molecule has 2 aliphatic heterocycles. The van der Waals surface area contributed by atoms with Crippen LogP contribution in [0.5, 0.6) is 11.5 Å². The third-order valence-electron chi connectivity index (χ3n) is 6.57. The van der Waals surface area contributed by atoms with E-state index in [1.807, 2.05) is 24.3 Å². The molecule has 2 fully saturated rings. The minimum absolute atomic E-state index is 0.00107. The number of benzene rings is 3. The molecule has 3 aromatic carbocycles. The van der Waals surface area contributed by atoms with Gasteiger partial charge in [0.25, 0.3) is 11.7 Å². The summed E-state index contributed by atoms with van der Waals surface area (Å²) in [7, 11) is 1.51. The number of anilines is 2. The van der Waals surface area contributed by atoms with Gasteiger partial charge in [-0.3, -0.25) is 14.5 Å². The fraction of sp³-hybridized carbons (Fsp3) is 0.214. The number of amides is 1. The van der Waals surface area contributed by atoms with Gasteiger partial charge in [0.15, 0.2) is 0 Å². The van der Waals surface area contributed by atoms with E-state index in [4.69, 9.17) is 4.74 Å². The number of phenolic OH excluding ortho intramolecular Hbond substituents is 1. The number of rotatable bonds is 5. The number of hydrogen-bond acceptors (Lipinski definition) is 6. The quantitative estimate of drug-likeness (QED) is 0.321. The first kappa shape index (κ1) is 22.5. The number of carbonyl (C=O) groups is 2. The molecule has 2 saturated heterocycles. The van der Waals surface area contributed by atoms with E-state index in [1.165, 1.54) is 24.1 Å². The number of ether oxygens (including phenoxy) is 1. The second-order valence-electron chi connectivity index (χ2n) is 8.71. The van der Waals surface area contributed by atoms with Crippen LogP contribution in [0.15, 0.2) is 78.4 Å². The molecule has 35 heavy (non-hydrogen) atoms. The molecule has 2 heterocycles. The largest absolute Gasteiger partial charge is 0.508 e. The minimum Gasteiger partial charge on any atom is -0.508 e. The summed E-state index contributed by atoms with van der Waals surface area (Å²) >= 11 is 0. The summed E-state index contributed by atoms with van der Waals surface area (Å²) in [6, 6.07) is 19.7. The van der Waals surface area contributed by atoms with Crippen LogP contribution in [0, 0.1) is 0 Å². The molecular weight excluding hydrogens is 444 g/mol. The Bertz CT molecular complexity index is 1310. The summed E-state index contributed by atoms with van der Waals surface area (Å²) in [6.45, 7) is 1.99. The van der Waals surface area contributed by atoms with Gasteiger partial charge in [-0.15, -0.1) is 0 Å². The molecule has 7 nitrogen and oxygen atoms in total. The van der Waals surface area contributed by atoms with Crippen LogP contribution in [0.3, 0.4) is 0 Å². The topological polar surface area (TPSA) is 90.3 Å². The van der Waals surface area contributed by atoms with E-state index < -0.39 is 17.7 Å². The standard InChI is InChI=1S/C28H26N2O5/c1-35-23-9-5-7-19(17-23)26(32)24-25(18-6-4-8-22(31)16-18)30(28(34)27(24)33)21-12-10-20(11-13-21)29-14-2-3-15-29/h4-13,16-17,25,31-32H,2-3,14-15H2,1H3/b26-24+. The Kier molecular flexibility index (Phi) is 5.91. The molecule has 0 spiro atoms. The van der Waals surface area contributed by atoms with Crippen molar-refractivity contribution in [3.63, 3.8) is 0 Å². The molecule has 2 N–H and O–H groups in total. The van der Waals surface area contributed by atoms with Gasteiger partial charge < -0.3 is 19.8 Å². The lowest BCUT2D eigenvalue weighted by Crippen LogP contribution is -2.29. The Morgan fingerprint density at radius 3 is 2.29 bits per heavy atom. The van der Waals surface area contributed by atoms with Crippen molar-refractivity contribution < 1.29 is 24.5 Å². The average molecular weight is 471 g/mol. The van der Waals surface area contributed by atoms with Crippen LogP contribution in [-0.2, 0) is 9.59 Å². The zero-order chi connectivity index (χ0) is 24.5. The van der Waals surface area contributed by atoms with Gasteiger partial charge in [0.05, 0.1) is 18.7 Å². The van der Waals surface area contributed by atoms with E-state index in [0.29, 0.717) is 22.6 Å². The molecule has 0 aliphatic carbocycles. The molecule has 0 radical (unpaired) electrons. The number of phenols is 1. The summed E-state index contributed by atoms with van der Waals surface area (Å²) in [4.78, 5) is 30.3. The highest BCUT2D eigenvalue weighted by Gasteiger charge is 2.47. The number of aliphatic hydroxyl groups is 1. The zero-order valence-corrected chi connectivity index (χ0v) is 19.3. The van der Waals surface area contributed by atoms with E-state index >= 15 is 0 Å². The predicted molar refractivity (Wildman–Crippen MR) is 134 cm³/mol.